The smallest absolute Gasteiger partial charge is 0.355 e. The van der Waals surface area contributed by atoms with E-state index in [1.165, 1.54) is 28.2 Å². The zero-order valence-electron chi connectivity index (χ0n) is 18.7. The van der Waals surface area contributed by atoms with E-state index >= 15 is 0 Å². The van der Waals surface area contributed by atoms with Gasteiger partial charge >= 0.3 is 11.9 Å². The van der Waals surface area contributed by atoms with Crippen molar-refractivity contribution in [3.63, 3.8) is 0 Å². The molecule has 2 aromatic heterocycles. The molecule has 1 fully saturated rings. The van der Waals surface area contributed by atoms with Gasteiger partial charge < -0.3 is 14.0 Å². The first-order chi connectivity index (χ1) is 15.7. The number of aryl methyl sites for hydroxylation is 2. The summed E-state index contributed by atoms with van der Waals surface area (Å²) in [6, 6.07) is 8.65. The van der Waals surface area contributed by atoms with Crippen LogP contribution in [-0.2, 0) is 33.2 Å². The van der Waals surface area contributed by atoms with Crippen LogP contribution in [0.1, 0.15) is 44.9 Å². The second-order valence-corrected chi connectivity index (χ2v) is 9.86. The van der Waals surface area contributed by atoms with E-state index < -0.39 is 22.0 Å². The number of aromatic nitrogens is 2. The van der Waals surface area contributed by atoms with E-state index in [-0.39, 0.29) is 28.5 Å². The van der Waals surface area contributed by atoms with Crippen LogP contribution in [0.5, 0.6) is 0 Å². The lowest BCUT2D eigenvalue weighted by molar-refractivity contribution is 0.0445. The second-order valence-electron chi connectivity index (χ2n) is 7.93. The Morgan fingerprint density at radius 3 is 2.52 bits per heavy atom. The second kappa shape index (κ2) is 8.95. The van der Waals surface area contributed by atoms with Crippen LogP contribution in [0.4, 0.5) is 0 Å². The van der Waals surface area contributed by atoms with Gasteiger partial charge in [-0.2, -0.15) is 4.31 Å². The molecule has 1 saturated heterocycles. The van der Waals surface area contributed by atoms with E-state index in [9.17, 15) is 18.0 Å². The lowest BCUT2D eigenvalue weighted by atomic mass is 10.0. The van der Waals surface area contributed by atoms with Gasteiger partial charge in [0.2, 0.25) is 10.0 Å². The number of pyridine rings is 1. The average molecular weight is 472 g/mol. The number of methoxy groups -OCH3 is 1. The summed E-state index contributed by atoms with van der Waals surface area (Å²) >= 11 is 0. The molecule has 174 valence electrons. The number of benzene rings is 1. The van der Waals surface area contributed by atoms with Crippen molar-refractivity contribution in [1.82, 2.24) is 13.9 Å². The minimum absolute atomic E-state index is 0.0498. The van der Waals surface area contributed by atoms with E-state index in [0.29, 0.717) is 24.2 Å². The van der Waals surface area contributed by atoms with Crippen molar-refractivity contribution < 1.29 is 27.5 Å². The molecule has 0 radical (unpaired) electrons. The summed E-state index contributed by atoms with van der Waals surface area (Å²) in [6.45, 7) is 2.46. The molecule has 0 aliphatic carbocycles. The van der Waals surface area contributed by atoms with Gasteiger partial charge in [0.05, 0.1) is 23.9 Å². The van der Waals surface area contributed by atoms with Crippen molar-refractivity contribution in [3.05, 3.63) is 59.0 Å². The standard InChI is InChI=1S/C23H25N3O6S/c1-15-17-8-4-5-9-18(17)24-19(21(15)23(28)31-3)14-32-22(27)20-12-16(13-25(20)2)33(29,30)26-10-6-7-11-26/h4-5,8-9,12-13H,6-7,10-11,14H2,1-3H3. The highest BCUT2D eigenvalue weighted by molar-refractivity contribution is 7.89. The normalized spacial score (nSPS) is 14.5. The maximum absolute atomic E-state index is 12.8. The number of hydrogen-bond acceptors (Lipinski definition) is 7. The van der Waals surface area contributed by atoms with Gasteiger partial charge in [0, 0.05) is 31.7 Å². The quantitative estimate of drug-likeness (QED) is 0.509. The Kier molecular flexibility index (Phi) is 6.22. The summed E-state index contributed by atoms with van der Waals surface area (Å²) in [4.78, 5) is 29.8. The molecule has 4 rings (SSSR count). The molecule has 0 bridgehead atoms. The number of nitrogens with zero attached hydrogens (tertiary/aromatic N) is 3. The number of para-hydroxylation sites is 1. The molecule has 0 saturated carbocycles. The van der Waals surface area contributed by atoms with Gasteiger partial charge in [0.1, 0.15) is 17.2 Å². The highest BCUT2D eigenvalue weighted by Crippen LogP contribution is 2.26. The molecular weight excluding hydrogens is 446 g/mol. The first-order valence-electron chi connectivity index (χ1n) is 10.5. The van der Waals surface area contributed by atoms with Gasteiger partial charge in [0.25, 0.3) is 0 Å². The number of carbonyl (C=O) groups is 2. The van der Waals surface area contributed by atoms with Crippen LogP contribution in [0.15, 0.2) is 41.4 Å². The molecule has 0 unspecified atom stereocenters. The summed E-state index contributed by atoms with van der Waals surface area (Å²) in [5.74, 6) is -1.29. The third-order valence-electron chi connectivity index (χ3n) is 5.85. The molecule has 3 aromatic rings. The van der Waals surface area contributed by atoms with Gasteiger partial charge in [-0.1, -0.05) is 18.2 Å². The molecule has 1 aromatic carbocycles. The Labute approximate surface area is 192 Å². The Morgan fingerprint density at radius 1 is 1.12 bits per heavy atom. The van der Waals surface area contributed by atoms with Crippen molar-refractivity contribution in [2.24, 2.45) is 7.05 Å². The fourth-order valence-corrected chi connectivity index (χ4v) is 5.67. The Morgan fingerprint density at radius 2 is 1.82 bits per heavy atom. The first kappa shape index (κ1) is 22.9. The molecule has 0 spiro atoms. The van der Waals surface area contributed by atoms with Gasteiger partial charge in [-0.15, -0.1) is 0 Å². The van der Waals surface area contributed by atoms with Crippen molar-refractivity contribution in [1.29, 1.82) is 0 Å². The summed E-state index contributed by atoms with van der Waals surface area (Å²) < 4.78 is 38.8. The maximum atomic E-state index is 12.8. The summed E-state index contributed by atoms with van der Waals surface area (Å²) in [5.41, 5.74) is 1.94. The molecule has 3 heterocycles. The fraction of sp³-hybridized carbons (Fsp3) is 0.348. The molecule has 0 atom stereocenters. The predicted molar refractivity (Wildman–Crippen MR) is 120 cm³/mol. The largest absolute Gasteiger partial charge is 0.465 e. The summed E-state index contributed by atoms with van der Waals surface area (Å²) in [6.07, 6.45) is 3.05. The van der Waals surface area contributed by atoms with E-state index in [2.05, 4.69) is 4.98 Å². The van der Waals surface area contributed by atoms with Crippen LogP contribution in [-0.4, -0.2) is 54.4 Å². The van der Waals surface area contributed by atoms with Crippen LogP contribution >= 0.6 is 0 Å². The SMILES string of the molecule is COC(=O)c1c(COC(=O)c2cc(S(=O)(=O)N3CCCC3)cn2C)nc2ccccc2c1C. The minimum Gasteiger partial charge on any atom is -0.465 e. The molecule has 33 heavy (non-hydrogen) atoms. The number of esters is 2. The number of fused-ring (bicyclic) bond motifs is 1. The van der Waals surface area contributed by atoms with E-state index in [1.807, 2.05) is 18.2 Å². The maximum Gasteiger partial charge on any atom is 0.355 e. The molecule has 1 aliphatic rings. The Bertz CT molecular complexity index is 1340. The molecule has 0 amide bonds. The van der Waals surface area contributed by atoms with E-state index in [4.69, 9.17) is 9.47 Å². The molecule has 0 N–H and O–H groups in total. The topological polar surface area (TPSA) is 108 Å². The molecule has 9 nitrogen and oxygen atoms in total. The molecular formula is C23H25N3O6S. The van der Waals surface area contributed by atoms with Crippen molar-refractivity contribution in [2.75, 3.05) is 20.2 Å². The molecule has 10 heteroatoms. The third kappa shape index (κ3) is 4.23. The lowest BCUT2D eigenvalue weighted by Gasteiger charge is -2.13. The highest BCUT2D eigenvalue weighted by atomic mass is 32.2. The summed E-state index contributed by atoms with van der Waals surface area (Å²) in [5, 5.41) is 0.798. The van der Waals surface area contributed by atoms with Crippen LogP contribution in [0.25, 0.3) is 10.9 Å². The number of hydrogen-bond donors (Lipinski definition) is 0. The monoisotopic (exact) mass is 471 g/mol. The summed E-state index contributed by atoms with van der Waals surface area (Å²) in [7, 11) is -0.803. The van der Waals surface area contributed by atoms with Gasteiger partial charge in [-0.3, -0.25) is 0 Å². The fourth-order valence-electron chi connectivity index (χ4n) is 4.08. The highest BCUT2D eigenvalue weighted by Gasteiger charge is 2.30. The number of ether oxygens (including phenoxy) is 2. The van der Waals surface area contributed by atoms with E-state index in [0.717, 1.165) is 18.2 Å². The van der Waals surface area contributed by atoms with Crippen LogP contribution in [0.2, 0.25) is 0 Å². The van der Waals surface area contributed by atoms with Crippen molar-refractivity contribution in [2.45, 2.75) is 31.3 Å². The van der Waals surface area contributed by atoms with Crippen LogP contribution in [0, 0.1) is 6.92 Å². The van der Waals surface area contributed by atoms with Crippen LogP contribution < -0.4 is 0 Å². The van der Waals surface area contributed by atoms with Gasteiger partial charge in [-0.05, 0) is 37.5 Å². The third-order valence-corrected chi connectivity index (χ3v) is 7.71. The predicted octanol–water partition coefficient (Wildman–Crippen LogP) is 2.81. The zero-order chi connectivity index (χ0) is 23.8. The minimum atomic E-state index is -3.66. The zero-order valence-corrected chi connectivity index (χ0v) is 19.5. The van der Waals surface area contributed by atoms with Crippen molar-refractivity contribution in [3.8, 4) is 0 Å². The average Bonchev–Trinajstić information content (AvgIpc) is 3.48. The van der Waals surface area contributed by atoms with Crippen LogP contribution in [0.3, 0.4) is 0 Å². The van der Waals surface area contributed by atoms with Gasteiger partial charge in [0.15, 0.2) is 0 Å². The molecule has 1 aliphatic heterocycles. The van der Waals surface area contributed by atoms with Crippen molar-refractivity contribution >= 4 is 32.9 Å². The Hall–Kier alpha value is -3.24. The number of sulfonamides is 1. The first-order valence-corrected chi connectivity index (χ1v) is 12.0. The van der Waals surface area contributed by atoms with E-state index in [1.54, 1.807) is 20.0 Å². The number of rotatable bonds is 6. The lowest BCUT2D eigenvalue weighted by Crippen LogP contribution is -2.27. The van der Waals surface area contributed by atoms with Gasteiger partial charge in [-0.25, -0.2) is 23.0 Å². The Balaban J connectivity index is 1.61. The number of carbonyl (C=O) groups excluding carboxylic acids is 2.